The fraction of sp³-hybridized carbons (Fsp3) is 0.939. The van der Waals surface area contributed by atoms with Gasteiger partial charge in [0.05, 0.1) is 19.1 Å². The lowest BCUT2D eigenvalue weighted by Crippen LogP contribution is -2.38. The molecule has 0 aromatic carbocycles. The third-order valence-corrected chi connectivity index (χ3v) is 10.4. The van der Waals surface area contributed by atoms with E-state index in [2.05, 4.69) is 41.5 Å². The summed E-state index contributed by atoms with van der Waals surface area (Å²) < 4.78 is 23.3. The van der Waals surface area contributed by atoms with Crippen molar-refractivity contribution in [3.05, 3.63) is 0 Å². The number of carbonyl (C=O) groups is 2. The molecule has 3 saturated carbocycles. The monoisotopic (exact) mass is 548 g/mol. The first-order valence-corrected chi connectivity index (χ1v) is 16.1. The van der Waals surface area contributed by atoms with Crippen molar-refractivity contribution < 1.29 is 28.5 Å². The van der Waals surface area contributed by atoms with Gasteiger partial charge in [0.1, 0.15) is 24.2 Å². The van der Waals surface area contributed by atoms with Crippen LogP contribution in [0.1, 0.15) is 125 Å². The Morgan fingerprint density at radius 3 is 1.82 bits per heavy atom. The molecule has 2 heterocycles. The third kappa shape index (κ3) is 8.44. The number of fused-ring (bicyclic) bond motifs is 1. The summed E-state index contributed by atoms with van der Waals surface area (Å²) >= 11 is 0. The summed E-state index contributed by atoms with van der Waals surface area (Å²) in [5.41, 5.74) is 0.652. The molecule has 5 rings (SSSR count). The van der Waals surface area contributed by atoms with E-state index in [1.165, 1.54) is 32.1 Å². The van der Waals surface area contributed by atoms with Crippen molar-refractivity contribution in [1.82, 2.24) is 0 Å². The van der Waals surface area contributed by atoms with Gasteiger partial charge in [-0.1, -0.05) is 73.6 Å². The predicted octanol–water partition coefficient (Wildman–Crippen LogP) is 7.26. The number of hydrogen-bond donors (Lipinski definition) is 0. The van der Waals surface area contributed by atoms with Crippen molar-refractivity contribution in [2.75, 3.05) is 13.2 Å². The van der Waals surface area contributed by atoms with Gasteiger partial charge in [-0.15, -0.1) is 0 Å². The predicted molar refractivity (Wildman–Crippen MR) is 152 cm³/mol. The van der Waals surface area contributed by atoms with Gasteiger partial charge in [-0.05, 0) is 74.0 Å². The summed E-state index contributed by atoms with van der Waals surface area (Å²) in [5, 5.41) is 0. The molecule has 2 aliphatic heterocycles. The molecular weight excluding hydrogens is 492 g/mol. The first kappa shape index (κ1) is 30.8. The SMILES string of the molecule is CC(C)C1CCCCC1.CC1(C)CCC(OC(=O)[C@H]2CO[C@@H]3C(OC(=O)C4CCC(C)(C)CC4)CO[C@H]23)CC1. The maximum Gasteiger partial charge on any atom is 0.314 e. The van der Waals surface area contributed by atoms with E-state index in [0.717, 1.165) is 63.2 Å². The zero-order valence-corrected chi connectivity index (χ0v) is 25.7. The topological polar surface area (TPSA) is 71.1 Å². The Morgan fingerprint density at radius 2 is 1.26 bits per heavy atom. The molecule has 39 heavy (non-hydrogen) atoms. The molecular formula is C33H56O6. The van der Waals surface area contributed by atoms with Gasteiger partial charge in [-0.3, -0.25) is 9.59 Å². The van der Waals surface area contributed by atoms with Gasteiger partial charge in [-0.25, -0.2) is 0 Å². The Bertz CT molecular complexity index is 793. The van der Waals surface area contributed by atoms with Crippen LogP contribution >= 0.6 is 0 Å². The minimum absolute atomic E-state index is 0.00449. The van der Waals surface area contributed by atoms with Crippen LogP contribution in [-0.4, -0.2) is 49.6 Å². The first-order chi connectivity index (χ1) is 18.4. The lowest BCUT2D eigenvalue weighted by molar-refractivity contribution is -0.163. The highest BCUT2D eigenvalue weighted by molar-refractivity contribution is 5.74. The molecule has 0 spiro atoms. The molecule has 6 heteroatoms. The van der Waals surface area contributed by atoms with E-state index in [9.17, 15) is 9.59 Å². The summed E-state index contributed by atoms with van der Waals surface area (Å²) in [6.07, 6.45) is 14.1. The van der Waals surface area contributed by atoms with Gasteiger partial charge < -0.3 is 18.9 Å². The van der Waals surface area contributed by atoms with E-state index in [4.69, 9.17) is 18.9 Å². The fourth-order valence-corrected chi connectivity index (χ4v) is 7.19. The highest BCUT2D eigenvalue weighted by atomic mass is 16.6. The maximum absolute atomic E-state index is 12.8. The summed E-state index contributed by atoms with van der Waals surface area (Å²) in [5.74, 6) is 1.16. The molecule has 0 bridgehead atoms. The van der Waals surface area contributed by atoms with Crippen LogP contribution in [0.2, 0.25) is 0 Å². The summed E-state index contributed by atoms with van der Waals surface area (Å²) in [6, 6.07) is 0. The van der Waals surface area contributed by atoms with Crippen molar-refractivity contribution in [2.45, 2.75) is 149 Å². The third-order valence-electron chi connectivity index (χ3n) is 10.4. The number of ether oxygens (including phenoxy) is 4. The molecule has 6 nitrogen and oxygen atoms in total. The Balaban J connectivity index is 0.000000333. The minimum Gasteiger partial charge on any atom is -0.462 e. The van der Waals surface area contributed by atoms with Crippen molar-refractivity contribution >= 4 is 11.9 Å². The van der Waals surface area contributed by atoms with Gasteiger partial charge in [0.25, 0.3) is 0 Å². The van der Waals surface area contributed by atoms with Gasteiger partial charge in [0.2, 0.25) is 0 Å². The Morgan fingerprint density at radius 1 is 0.692 bits per heavy atom. The smallest absolute Gasteiger partial charge is 0.314 e. The van der Waals surface area contributed by atoms with Gasteiger partial charge >= 0.3 is 11.9 Å². The number of rotatable bonds is 5. The molecule has 0 aromatic rings. The Labute approximate surface area is 237 Å². The zero-order chi connectivity index (χ0) is 28.2. The van der Waals surface area contributed by atoms with Gasteiger partial charge in [-0.2, -0.15) is 0 Å². The van der Waals surface area contributed by atoms with Crippen LogP contribution in [0.4, 0.5) is 0 Å². The largest absolute Gasteiger partial charge is 0.462 e. The van der Waals surface area contributed by atoms with Crippen LogP contribution in [0.15, 0.2) is 0 Å². The van der Waals surface area contributed by atoms with Crippen molar-refractivity contribution in [2.24, 2.45) is 34.5 Å². The normalized spacial score (nSPS) is 33.2. The van der Waals surface area contributed by atoms with E-state index < -0.39 is 12.0 Å². The number of hydrogen-bond acceptors (Lipinski definition) is 6. The van der Waals surface area contributed by atoms with Crippen LogP contribution in [-0.2, 0) is 28.5 Å². The molecule has 5 fully saturated rings. The second-order valence-electron chi connectivity index (χ2n) is 15.1. The molecule has 0 aromatic heterocycles. The second-order valence-corrected chi connectivity index (χ2v) is 15.1. The van der Waals surface area contributed by atoms with Crippen LogP contribution in [0.5, 0.6) is 0 Å². The standard InChI is InChI=1S/C24H38O6.C9H18/c1-23(2)9-5-15(6-10-23)21(25)30-18-14-28-19-17(13-27-20(18)19)22(26)29-16-7-11-24(3,4)12-8-16;1-8(2)9-6-4-3-5-7-9/h15-20H,5-14H2,1-4H3;8-9H,3-7H2,1-2H3/t17-,18?,19+,20+;/m0./s1. The van der Waals surface area contributed by atoms with E-state index in [1.54, 1.807) is 0 Å². The lowest BCUT2D eigenvalue weighted by atomic mass is 9.73. The summed E-state index contributed by atoms with van der Waals surface area (Å²) in [6.45, 7) is 14.3. The molecule has 0 N–H and O–H groups in total. The quantitative estimate of drug-likeness (QED) is 0.337. The van der Waals surface area contributed by atoms with Crippen molar-refractivity contribution in [3.8, 4) is 0 Å². The molecule has 5 aliphatic rings. The molecule has 224 valence electrons. The van der Waals surface area contributed by atoms with Crippen LogP contribution in [0.25, 0.3) is 0 Å². The molecule has 3 aliphatic carbocycles. The van der Waals surface area contributed by atoms with E-state index in [1.807, 2.05) is 0 Å². The molecule has 4 atom stereocenters. The summed E-state index contributed by atoms with van der Waals surface area (Å²) in [7, 11) is 0. The highest BCUT2D eigenvalue weighted by Crippen LogP contribution is 2.40. The maximum atomic E-state index is 12.8. The van der Waals surface area contributed by atoms with Crippen molar-refractivity contribution in [1.29, 1.82) is 0 Å². The van der Waals surface area contributed by atoms with Crippen molar-refractivity contribution in [3.63, 3.8) is 0 Å². The highest BCUT2D eigenvalue weighted by Gasteiger charge is 2.53. The average molecular weight is 549 g/mol. The second kappa shape index (κ2) is 13.2. The Hall–Kier alpha value is -1.14. The average Bonchev–Trinajstić information content (AvgIpc) is 3.49. The molecule has 1 unspecified atom stereocenters. The van der Waals surface area contributed by atoms with Gasteiger partial charge in [0.15, 0.2) is 6.10 Å². The zero-order valence-electron chi connectivity index (χ0n) is 25.7. The van der Waals surface area contributed by atoms with E-state index >= 15 is 0 Å². The number of esters is 2. The summed E-state index contributed by atoms with van der Waals surface area (Å²) in [4.78, 5) is 25.4. The van der Waals surface area contributed by atoms with E-state index in [0.29, 0.717) is 17.4 Å². The van der Waals surface area contributed by atoms with E-state index in [-0.39, 0.29) is 42.8 Å². The minimum atomic E-state index is -0.427. The first-order valence-electron chi connectivity index (χ1n) is 16.1. The fourth-order valence-electron chi connectivity index (χ4n) is 7.19. The lowest BCUT2D eigenvalue weighted by Gasteiger charge is -2.34. The molecule has 0 amide bonds. The van der Waals surface area contributed by atoms with Crippen LogP contribution in [0.3, 0.4) is 0 Å². The Kier molecular flexibility index (Phi) is 10.5. The molecule has 2 saturated heterocycles. The van der Waals surface area contributed by atoms with Gasteiger partial charge in [0, 0.05) is 0 Å². The molecule has 0 radical (unpaired) electrons. The number of carbonyl (C=O) groups excluding carboxylic acids is 2. The van der Waals surface area contributed by atoms with Crippen LogP contribution < -0.4 is 0 Å². The van der Waals surface area contributed by atoms with Crippen LogP contribution in [0, 0.1) is 34.5 Å².